The highest BCUT2D eigenvalue weighted by Crippen LogP contribution is 2.20. The molecule has 7 heteroatoms. The fourth-order valence-electron chi connectivity index (χ4n) is 2.30. The molecule has 2 N–H and O–H groups in total. The predicted octanol–water partition coefficient (Wildman–Crippen LogP) is 4.64. The van der Waals surface area contributed by atoms with Crippen molar-refractivity contribution >= 4 is 40.6 Å². The highest BCUT2D eigenvalue weighted by molar-refractivity contribution is 6.31. The second-order valence-corrected chi connectivity index (χ2v) is 6.38. The molecule has 0 aliphatic carbocycles. The van der Waals surface area contributed by atoms with Gasteiger partial charge in [-0.2, -0.15) is 0 Å². The molecule has 1 heterocycles. The summed E-state index contributed by atoms with van der Waals surface area (Å²) in [6, 6.07) is 12.3. The number of ketones is 1. The van der Waals surface area contributed by atoms with E-state index < -0.39 is 0 Å². The summed E-state index contributed by atoms with van der Waals surface area (Å²) in [7, 11) is 0. The number of amides is 1. The fourth-order valence-corrected chi connectivity index (χ4v) is 2.48. The Morgan fingerprint density at radius 2 is 1.56 bits per heavy atom. The van der Waals surface area contributed by atoms with E-state index in [0.29, 0.717) is 27.8 Å². The molecule has 0 spiro atoms. The summed E-state index contributed by atoms with van der Waals surface area (Å²) >= 11 is 6.07. The van der Waals surface area contributed by atoms with Crippen LogP contribution in [0.4, 0.5) is 17.3 Å². The van der Waals surface area contributed by atoms with Gasteiger partial charge in [0.1, 0.15) is 0 Å². The van der Waals surface area contributed by atoms with Crippen LogP contribution in [0, 0.1) is 6.92 Å². The van der Waals surface area contributed by atoms with E-state index in [4.69, 9.17) is 11.6 Å². The molecule has 136 valence electrons. The molecule has 2 aromatic carbocycles. The van der Waals surface area contributed by atoms with Crippen LogP contribution in [-0.2, 0) is 0 Å². The van der Waals surface area contributed by atoms with Crippen molar-refractivity contribution in [2.75, 3.05) is 10.6 Å². The Morgan fingerprint density at radius 1 is 0.926 bits per heavy atom. The lowest BCUT2D eigenvalue weighted by molar-refractivity contribution is 0.101. The first kappa shape index (κ1) is 18.5. The van der Waals surface area contributed by atoms with E-state index in [-0.39, 0.29) is 11.7 Å². The molecule has 0 aliphatic rings. The number of carbonyl (C=O) groups is 2. The maximum absolute atomic E-state index is 12.3. The number of hydrogen-bond acceptors (Lipinski definition) is 5. The van der Waals surface area contributed by atoms with Crippen molar-refractivity contribution in [3.8, 4) is 0 Å². The van der Waals surface area contributed by atoms with Gasteiger partial charge in [-0.3, -0.25) is 9.59 Å². The van der Waals surface area contributed by atoms with Crippen molar-refractivity contribution in [1.82, 2.24) is 9.97 Å². The van der Waals surface area contributed by atoms with Gasteiger partial charge in [0.05, 0.1) is 5.56 Å². The summed E-state index contributed by atoms with van der Waals surface area (Å²) in [4.78, 5) is 31.9. The number of nitrogens with zero attached hydrogens (tertiary/aromatic N) is 2. The minimum Gasteiger partial charge on any atom is -0.324 e. The highest BCUT2D eigenvalue weighted by Gasteiger charge is 2.09. The molecule has 0 atom stereocenters. The Labute approximate surface area is 161 Å². The molecule has 0 fully saturated rings. The van der Waals surface area contributed by atoms with E-state index in [9.17, 15) is 9.59 Å². The summed E-state index contributed by atoms with van der Waals surface area (Å²) in [6.45, 7) is 3.40. The van der Waals surface area contributed by atoms with Crippen LogP contribution >= 0.6 is 11.6 Å². The van der Waals surface area contributed by atoms with Crippen molar-refractivity contribution in [2.24, 2.45) is 0 Å². The Balaban J connectivity index is 1.66. The number of aromatic nitrogens is 2. The molecule has 3 aromatic rings. The van der Waals surface area contributed by atoms with E-state index >= 15 is 0 Å². The van der Waals surface area contributed by atoms with Crippen LogP contribution in [0.1, 0.15) is 33.2 Å². The number of rotatable bonds is 5. The first-order valence-electron chi connectivity index (χ1n) is 8.20. The third kappa shape index (κ3) is 4.68. The highest BCUT2D eigenvalue weighted by atomic mass is 35.5. The van der Waals surface area contributed by atoms with Crippen molar-refractivity contribution in [3.63, 3.8) is 0 Å². The van der Waals surface area contributed by atoms with E-state index in [1.54, 1.807) is 36.4 Å². The zero-order valence-corrected chi connectivity index (χ0v) is 15.5. The summed E-state index contributed by atoms with van der Waals surface area (Å²) in [5.74, 6) is 0.0239. The Bertz CT molecular complexity index is 986. The largest absolute Gasteiger partial charge is 0.324 e. The minimum absolute atomic E-state index is 0.00281. The zero-order chi connectivity index (χ0) is 19.4. The molecular formula is C20H17ClN4O2. The second-order valence-electron chi connectivity index (χ2n) is 5.97. The van der Waals surface area contributed by atoms with Gasteiger partial charge < -0.3 is 10.6 Å². The number of hydrogen-bond donors (Lipinski definition) is 2. The van der Waals surface area contributed by atoms with E-state index in [2.05, 4.69) is 20.6 Å². The monoisotopic (exact) mass is 380 g/mol. The molecule has 1 amide bonds. The Morgan fingerprint density at radius 3 is 2.15 bits per heavy atom. The van der Waals surface area contributed by atoms with Crippen LogP contribution < -0.4 is 10.6 Å². The minimum atomic E-state index is -0.327. The normalized spacial score (nSPS) is 10.3. The number of halogens is 1. The second kappa shape index (κ2) is 7.97. The average Bonchev–Trinajstić information content (AvgIpc) is 2.66. The van der Waals surface area contributed by atoms with Crippen molar-refractivity contribution in [3.05, 3.63) is 76.6 Å². The fraction of sp³-hybridized carbons (Fsp3) is 0.100. The van der Waals surface area contributed by atoms with Gasteiger partial charge >= 0.3 is 0 Å². The Hall–Kier alpha value is -3.25. The third-order valence-electron chi connectivity index (χ3n) is 3.89. The average molecular weight is 381 g/mol. The molecule has 27 heavy (non-hydrogen) atoms. The molecule has 0 radical (unpaired) electrons. The Kier molecular flexibility index (Phi) is 5.47. The maximum Gasteiger partial charge on any atom is 0.258 e. The van der Waals surface area contributed by atoms with Crippen LogP contribution in [0.3, 0.4) is 0 Å². The van der Waals surface area contributed by atoms with Crippen LogP contribution in [0.25, 0.3) is 0 Å². The molecule has 0 unspecified atom stereocenters. The van der Waals surface area contributed by atoms with Crippen molar-refractivity contribution < 1.29 is 9.59 Å². The predicted molar refractivity (Wildman–Crippen MR) is 106 cm³/mol. The topological polar surface area (TPSA) is 84.0 Å². The van der Waals surface area contributed by atoms with Gasteiger partial charge in [-0.1, -0.05) is 17.7 Å². The number of Topliss-reactive ketones (excluding diaryl/α,β-unsaturated/α-hetero) is 1. The SMILES string of the molecule is CC(=O)c1ccc(Nc2ncc(C(=O)Nc3ccc(C)c(Cl)c3)cn2)cc1. The standard InChI is InChI=1S/C20H17ClN4O2/c1-12-3-6-17(9-18(12)21)24-19(27)15-10-22-20(23-11-15)25-16-7-4-14(5-8-16)13(2)26/h3-11H,1-2H3,(H,24,27)(H,22,23,25). The van der Waals surface area contributed by atoms with Crippen molar-refractivity contribution in [2.45, 2.75) is 13.8 Å². The first-order valence-corrected chi connectivity index (χ1v) is 8.58. The lowest BCUT2D eigenvalue weighted by Gasteiger charge is -2.08. The van der Waals surface area contributed by atoms with E-state index in [1.165, 1.54) is 19.3 Å². The smallest absolute Gasteiger partial charge is 0.258 e. The van der Waals surface area contributed by atoms with E-state index in [1.807, 2.05) is 13.0 Å². The number of nitrogens with one attached hydrogen (secondary N) is 2. The molecular weight excluding hydrogens is 364 g/mol. The van der Waals surface area contributed by atoms with Gasteiger partial charge in [-0.15, -0.1) is 0 Å². The van der Waals surface area contributed by atoms with Crippen LogP contribution in [-0.4, -0.2) is 21.7 Å². The number of anilines is 3. The van der Waals surface area contributed by atoms with Gasteiger partial charge in [0.15, 0.2) is 5.78 Å². The molecule has 0 bridgehead atoms. The molecule has 0 saturated heterocycles. The maximum atomic E-state index is 12.3. The number of benzene rings is 2. The van der Waals surface area contributed by atoms with Gasteiger partial charge in [0, 0.05) is 34.4 Å². The van der Waals surface area contributed by atoms with Gasteiger partial charge in [0.25, 0.3) is 5.91 Å². The zero-order valence-electron chi connectivity index (χ0n) is 14.8. The van der Waals surface area contributed by atoms with Crippen LogP contribution in [0.15, 0.2) is 54.9 Å². The van der Waals surface area contributed by atoms with Gasteiger partial charge in [-0.05, 0) is 55.8 Å². The molecule has 3 rings (SSSR count). The van der Waals surface area contributed by atoms with Gasteiger partial charge in [-0.25, -0.2) is 9.97 Å². The van der Waals surface area contributed by atoms with Crippen LogP contribution in [0.2, 0.25) is 5.02 Å². The molecule has 0 saturated carbocycles. The summed E-state index contributed by atoms with van der Waals surface area (Å²) in [6.07, 6.45) is 2.87. The summed E-state index contributed by atoms with van der Waals surface area (Å²) in [5.41, 5.74) is 3.23. The molecule has 1 aromatic heterocycles. The number of aryl methyl sites for hydroxylation is 1. The van der Waals surface area contributed by atoms with Crippen LogP contribution in [0.5, 0.6) is 0 Å². The molecule has 0 aliphatic heterocycles. The van der Waals surface area contributed by atoms with Crippen molar-refractivity contribution in [1.29, 1.82) is 0 Å². The first-order chi connectivity index (χ1) is 12.9. The number of carbonyl (C=O) groups excluding carboxylic acids is 2. The third-order valence-corrected chi connectivity index (χ3v) is 4.30. The molecule has 6 nitrogen and oxygen atoms in total. The van der Waals surface area contributed by atoms with E-state index in [0.717, 1.165) is 11.3 Å². The lowest BCUT2D eigenvalue weighted by Crippen LogP contribution is -2.13. The summed E-state index contributed by atoms with van der Waals surface area (Å²) in [5, 5.41) is 6.36. The van der Waals surface area contributed by atoms with Gasteiger partial charge in [0.2, 0.25) is 5.95 Å². The lowest BCUT2D eigenvalue weighted by atomic mass is 10.1. The quantitative estimate of drug-likeness (QED) is 0.630. The summed E-state index contributed by atoms with van der Waals surface area (Å²) < 4.78 is 0.